The van der Waals surface area contributed by atoms with Gasteiger partial charge in [0.25, 0.3) is 5.91 Å². The zero-order chi connectivity index (χ0) is 18.9. The maximum Gasteiger partial charge on any atom is 0.338 e. The first kappa shape index (κ1) is 19.5. The Balaban J connectivity index is 1.89. The number of amides is 1. The number of hydrogen-bond donors (Lipinski definition) is 1. The molecule has 1 amide bonds. The highest BCUT2D eigenvalue weighted by molar-refractivity contribution is 5.95. The van der Waals surface area contributed by atoms with Gasteiger partial charge in [0.2, 0.25) is 0 Å². The fourth-order valence-corrected chi connectivity index (χ4v) is 2.27. The molecule has 5 nitrogen and oxygen atoms in total. The largest absolute Gasteiger partial charge is 0.484 e. The summed E-state index contributed by atoms with van der Waals surface area (Å²) in [5.74, 6) is -0.0304. The van der Waals surface area contributed by atoms with Crippen molar-refractivity contribution in [2.75, 3.05) is 18.5 Å². The van der Waals surface area contributed by atoms with Crippen LogP contribution in [0.3, 0.4) is 0 Å². The molecule has 138 valence electrons. The van der Waals surface area contributed by atoms with Gasteiger partial charge < -0.3 is 14.8 Å². The summed E-state index contributed by atoms with van der Waals surface area (Å²) in [6, 6.07) is 12.4. The first-order valence-corrected chi connectivity index (χ1v) is 8.76. The lowest BCUT2D eigenvalue weighted by atomic mass is 10.1. The Bertz CT molecular complexity index is 770. The van der Waals surface area contributed by atoms with Gasteiger partial charge in [-0.3, -0.25) is 4.79 Å². The van der Waals surface area contributed by atoms with Crippen LogP contribution >= 0.6 is 0 Å². The van der Waals surface area contributed by atoms with Crippen LogP contribution in [0.25, 0.3) is 0 Å². The molecule has 0 saturated carbocycles. The van der Waals surface area contributed by atoms with E-state index >= 15 is 0 Å². The van der Waals surface area contributed by atoms with Crippen molar-refractivity contribution in [3.05, 3.63) is 59.2 Å². The molecule has 0 aliphatic carbocycles. The maximum atomic E-state index is 12.1. The lowest BCUT2D eigenvalue weighted by Crippen LogP contribution is -2.20. The predicted octanol–water partition coefficient (Wildman–Crippen LogP) is 4.28. The summed E-state index contributed by atoms with van der Waals surface area (Å²) < 4.78 is 10.7. The molecule has 0 heterocycles. The third kappa shape index (κ3) is 5.92. The summed E-state index contributed by atoms with van der Waals surface area (Å²) >= 11 is 0. The smallest absolute Gasteiger partial charge is 0.338 e. The molecule has 2 rings (SSSR count). The van der Waals surface area contributed by atoms with Crippen LogP contribution in [-0.4, -0.2) is 25.1 Å². The van der Waals surface area contributed by atoms with E-state index in [1.807, 2.05) is 39.0 Å². The van der Waals surface area contributed by atoms with Gasteiger partial charge in [-0.05, 0) is 61.7 Å². The number of aryl methyl sites for hydroxylation is 2. The number of anilines is 1. The molecule has 2 aromatic carbocycles. The van der Waals surface area contributed by atoms with Gasteiger partial charge in [-0.1, -0.05) is 25.5 Å². The van der Waals surface area contributed by atoms with E-state index in [4.69, 9.17) is 9.47 Å². The second kappa shape index (κ2) is 9.61. The van der Waals surface area contributed by atoms with E-state index in [-0.39, 0.29) is 18.5 Å². The standard InChI is InChI=1S/C21H25NO4/c1-4-5-11-25-21(24)17-7-6-8-18(13-17)22-20(23)14-26-19-10-9-15(2)16(3)12-19/h6-10,12-13H,4-5,11,14H2,1-3H3,(H,22,23). The van der Waals surface area contributed by atoms with Gasteiger partial charge in [0, 0.05) is 5.69 Å². The van der Waals surface area contributed by atoms with Crippen LogP contribution in [0.5, 0.6) is 5.75 Å². The fraction of sp³-hybridized carbons (Fsp3) is 0.333. The summed E-state index contributed by atoms with van der Waals surface area (Å²) in [6.45, 7) is 6.34. The van der Waals surface area contributed by atoms with Crippen molar-refractivity contribution in [3.63, 3.8) is 0 Å². The van der Waals surface area contributed by atoms with Gasteiger partial charge in [0.1, 0.15) is 5.75 Å². The Morgan fingerprint density at radius 1 is 1.04 bits per heavy atom. The Hall–Kier alpha value is -2.82. The van der Waals surface area contributed by atoms with Crippen LogP contribution in [0.15, 0.2) is 42.5 Å². The highest BCUT2D eigenvalue weighted by atomic mass is 16.5. The number of rotatable bonds is 8. The summed E-state index contributed by atoms with van der Waals surface area (Å²) in [5, 5.41) is 2.73. The summed E-state index contributed by atoms with van der Waals surface area (Å²) in [5.41, 5.74) is 3.22. The third-order valence-electron chi connectivity index (χ3n) is 3.96. The minimum atomic E-state index is -0.388. The minimum Gasteiger partial charge on any atom is -0.484 e. The van der Waals surface area contributed by atoms with E-state index in [0.717, 1.165) is 18.4 Å². The normalized spacial score (nSPS) is 10.3. The van der Waals surface area contributed by atoms with Gasteiger partial charge in [0.15, 0.2) is 6.61 Å². The van der Waals surface area contributed by atoms with Crippen molar-refractivity contribution in [3.8, 4) is 5.75 Å². The van der Waals surface area contributed by atoms with Gasteiger partial charge in [-0.25, -0.2) is 4.79 Å². The quantitative estimate of drug-likeness (QED) is 0.567. The van der Waals surface area contributed by atoms with Crippen molar-refractivity contribution in [2.24, 2.45) is 0 Å². The lowest BCUT2D eigenvalue weighted by molar-refractivity contribution is -0.118. The van der Waals surface area contributed by atoms with E-state index in [2.05, 4.69) is 5.32 Å². The number of benzene rings is 2. The maximum absolute atomic E-state index is 12.1. The highest BCUT2D eigenvalue weighted by Gasteiger charge is 2.09. The Morgan fingerprint density at radius 2 is 1.85 bits per heavy atom. The first-order valence-electron chi connectivity index (χ1n) is 8.76. The van der Waals surface area contributed by atoms with Gasteiger partial charge in [0.05, 0.1) is 12.2 Å². The number of nitrogens with one attached hydrogen (secondary N) is 1. The molecular weight excluding hydrogens is 330 g/mol. The van der Waals surface area contributed by atoms with Crippen LogP contribution in [0.4, 0.5) is 5.69 Å². The molecule has 0 aliphatic heterocycles. The second-order valence-corrected chi connectivity index (χ2v) is 6.15. The van der Waals surface area contributed by atoms with Crippen LogP contribution in [0.1, 0.15) is 41.3 Å². The zero-order valence-corrected chi connectivity index (χ0v) is 15.5. The van der Waals surface area contributed by atoms with Crippen LogP contribution in [-0.2, 0) is 9.53 Å². The Kier molecular flexibility index (Phi) is 7.21. The number of esters is 1. The molecule has 0 saturated heterocycles. The zero-order valence-electron chi connectivity index (χ0n) is 15.5. The predicted molar refractivity (Wildman–Crippen MR) is 102 cm³/mol. The molecule has 0 unspecified atom stereocenters. The highest BCUT2D eigenvalue weighted by Crippen LogP contribution is 2.17. The van der Waals surface area contributed by atoms with E-state index in [0.29, 0.717) is 23.6 Å². The molecular formula is C21H25NO4. The summed E-state index contributed by atoms with van der Waals surface area (Å²) in [4.78, 5) is 24.0. The lowest BCUT2D eigenvalue weighted by Gasteiger charge is -2.10. The van der Waals surface area contributed by atoms with E-state index in [1.165, 1.54) is 5.56 Å². The molecule has 0 aliphatic rings. The van der Waals surface area contributed by atoms with Crippen molar-refractivity contribution in [2.45, 2.75) is 33.6 Å². The van der Waals surface area contributed by atoms with Crippen molar-refractivity contribution in [1.29, 1.82) is 0 Å². The molecule has 0 aromatic heterocycles. The number of unbranched alkanes of at least 4 members (excludes halogenated alkanes) is 1. The topological polar surface area (TPSA) is 64.6 Å². The number of hydrogen-bond acceptors (Lipinski definition) is 4. The van der Waals surface area contributed by atoms with E-state index < -0.39 is 0 Å². The van der Waals surface area contributed by atoms with Crippen molar-refractivity contribution < 1.29 is 19.1 Å². The number of ether oxygens (including phenoxy) is 2. The SMILES string of the molecule is CCCCOC(=O)c1cccc(NC(=O)COc2ccc(C)c(C)c2)c1. The molecule has 26 heavy (non-hydrogen) atoms. The fourth-order valence-electron chi connectivity index (χ4n) is 2.27. The molecule has 0 spiro atoms. The van der Waals surface area contributed by atoms with Gasteiger partial charge in [-0.15, -0.1) is 0 Å². The van der Waals surface area contributed by atoms with Crippen molar-refractivity contribution >= 4 is 17.6 Å². The average molecular weight is 355 g/mol. The molecule has 2 aromatic rings. The van der Waals surface area contributed by atoms with Gasteiger partial charge in [-0.2, -0.15) is 0 Å². The third-order valence-corrected chi connectivity index (χ3v) is 3.96. The Morgan fingerprint density at radius 3 is 2.58 bits per heavy atom. The molecule has 0 atom stereocenters. The molecule has 5 heteroatoms. The summed E-state index contributed by atoms with van der Waals surface area (Å²) in [7, 11) is 0. The molecule has 0 fully saturated rings. The van der Waals surface area contributed by atoms with E-state index in [1.54, 1.807) is 24.3 Å². The summed E-state index contributed by atoms with van der Waals surface area (Å²) in [6.07, 6.45) is 1.79. The average Bonchev–Trinajstić information content (AvgIpc) is 2.63. The second-order valence-electron chi connectivity index (χ2n) is 6.15. The van der Waals surface area contributed by atoms with Crippen LogP contribution < -0.4 is 10.1 Å². The number of carbonyl (C=O) groups excluding carboxylic acids is 2. The van der Waals surface area contributed by atoms with Gasteiger partial charge >= 0.3 is 5.97 Å². The Labute approximate surface area is 154 Å². The number of carbonyl (C=O) groups is 2. The van der Waals surface area contributed by atoms with Crippen molar-refractivity contribution in [1.82, 2.24) is 0 Å². The molecule has 0 radical (unpaired) electrons. The molecule has 0 bridgehead atoms. The van der Waals surface area contributed by atoms with E-state index in [9.17, 15) is 9.59 Å². The first-order chi connectivity index (χ1) is 12.5. The minimum absolute atomic E-state index is 0.103. The van der Waals surface area contributed by atoms with Crippen LogP contribution in [0, 0.1) is 13.8 Å². The monoisotopic (exact) mass is 355 g/mol. The van der Waals surface area contributed by atoms with Crippen LogP contribution in [0.2, 0.25) is 0 Å². The molecule has 1 N–H and O–H groups in total.